The third-order valence-electron chi connectivity index (χ3n) is 11.9. The summed E-state index contributed by atoms with van der Waals surface area (Å²) in [5, 5.41) is 0. The first-order valence-corrected chi connectivity index (χ1v) is 23.6. The molecule has 6 rings (SSSR count). The summed E-state index contributed by atoms with van der Waals surface area (Å²) in [6, 6.07) is 19.9. The van der Waals surface area contributed by atoms with E-state index in [1.165, 1.54) is 0 Å². The Kier molecular flexibility index (Phi) is 14.6. The minimum absolute atomic E-state index is 0.000951. The molecule has 0 bridgehead atoms. The summed E-state index contributed by atoms with van der Waals surface area (Å²) in [5.41, 5.74) is 2.09. The maximum absolute atomic E-state index is 13.9. The van der Waals surface area contributed by atoms with Gasteiger partial charge in [-0.25, -0.2) is 0 Å². The van der Waals surface area contributed by atoms with Gasteiger partial charge in [-0.2, -0.15) is 0 Å². The molecule has 0 spiro atoms. The van der Waals surface area contributed by atoms with Crippen molar-refractivity contribution in [3.05, 3.63) is 71.8 Å². The number of carbonyl (C=O) groups excluding carboxylic acids is 1. The topological polar surface area (TPSA) is 119 Å². The molecule has 10 atom stereocenters. The number of ether oxygens (including phenoxy) is 10. The molecule has 4 fully saturated rings. The third-order valence-corrected chi connectivity index (χ3v) is 18.0. The molecule has 4 heterocycles. The zero-order valence-electron chi connectivity index (χ0n) is 37.5. The van der Waals surface area contributed by atoms with Gasteiger partial charge in [0.1, 0.15) is 42.7 Å². The molecular weight excluding hydrogens is 773 g/mol. The molecule has 330 valence electrons. The van der Waals surface area contributed by atoms with Crippen LogP contribution in [0.4, 0.5) is 0 Å². The molecule has 2 aromatic rings. The van der Waals surface area contributed by atoms with Crippen molar-refractivity contribution in [3.8, 4) is 0 Å². The Morgan fingerprint density at radius 3 is 1.68 bits per heavy atom. The predicted molar refractivity (Wildman–Crippen MR) is 224 cm³/mol. The molecule has 0 amide bonds. The van der Waals surface area contributed by atoms with Gasteiger partial charge >= 0.3 is 5.97 Å². The molecule has 59 heavy (non-hydrogen) atoms. The second-order valence-electron chi connectivity index (χ2n) is 19.4. The number of fused-ring (bicyclic) bond motifs is 3. The number of benzene rings is 2. The van der Waals surface area contributed by atoms with Crippen molar-refractivity contribution < 1.29 is 56.6 Å². The number of hydrogen-bond donors (Lipinski definition) is 0. The van der Waals surface area contributed by atoms with Crippen LogP contribution in [-0.2, 0) is 69.8 Å². The van der Waals surface area contributed by atoms with E-state index in [1.807, 2.05) is 109 Å². The van der Waals surface area contributed by atoms with Gasteiger partial charge in [0.05, 0.1) is 31.8 Å². The van der Waals surface area contributed by atoms with Crippen molar-refractivity contribution >= 4 is 14.3 Å². The largest absolute Gasteiger partial charge is 0.454 e. The predicted octanol–water partition coefficient (Wildman–Crippen LogP) is 8.45. The Morgan fingerprint density at radius 1 is 0.627 bits per heavy atom. The Balaban J connectivity index is 1.37. The van der Waals surface area contributed by atoms with Crippen LogP contribution in [0.25, 0.3) is 0 Å². The lowest BCUT2D eigenvalue weighted by Gasteiger charge is -2.48. The smallest absolute Gasteiger partial charge is 0.311 e. The molecule has 0 aromatic heterocycles. The lowest BCUT2D eigenvalue weighted by molar-refractivity contribution is -0.329. The molecular formula is C46H70O12Si. The van der Waals surface area contributed by atoms with E-state index in [-0.39, 0.29) is 26.4 Å². The normalized spacial score (nSPS) is 31.7. The van der Waals surface area contributed by atoms with Crippen LogP contribution < -0.4 is 0 Å². The fourth-order valence-corrected chi connectivity index (χ4v) is 14.7. The maximum Gasteiger partial charge on any atom is 0.311 e. The van der Waals surface area contributed by atoms with E-state index in [2.05, 4.69) is 41.5 Å². The standard InChI is InChI=1S/C46H70O12Si/c1-28(2)59(29(3)4,30(5)6)51-27-34-35(48-24-31-20-16-14-17-21-31)37(49-25-32-22-18-15-19-23-32)39(54-43(47)44(7,8)9)41(52-34)50-26-33-36-38(56-45(10,11)55-36)40-42(53-33)58-46(12,13)57-40/h14-23,28-30,33-42H,24-27H2,1-13H3/t33-,34-,35-,36+,37+,38+,39-,40-,41-,42-/m1/s1. The molecule has 0 N–H and O–H groups in total. The monoisotopic (exact) mass is 842 g/mol. The van der Waals surface area contributed by atoms with Crippen molar-refractivity contribution in [3.63, 3.8) is 0 Å². The fourth-order valence-electron chi connectivity index (χ4n) is 9.24. The quantitative estimate of drug-likeness (QED) is 0.119. The minimum atomic E-state index is -2.39. The molecule has 0 unspecified atom stereocenters. The average Bonchev–Trinajstić information content (AvgIpc) is 3.66. The van der Waals surface area contributed by atoms with E-state index >= 15 is 0 Å². The second-order valence-corrected chi connectivity index (χ2v) is 24.8. The van der Waals surface area contributed by atoms with Crippen LogP contribution in [0.3, 0.4) is 0 Å². The van der Waals surface area contributed by atoms with Gasteiger partial charge in [-0.3, -0.25) is 4.79 Å². The molecule has 13 heteroatoms. The summed E-state index contributed by atoms with van der Waals surface area (Å²) in [7, 11) is -2.39. The molecule has 12 nitrogen and oxygen atoms in total. The molecule has 0 radical (unpaired) electrons. The molecule has 0 aliphatic carbocycles. The van der Waals surface area contributed by atoms with Gasteiger partial charge in [-0.15, -0.1) is 0 Å². The molecule has 0 saturated carbocycles. The average molecular weight is 843 g/mol. The molecule has 4 aliphatic rings. The summed E-state index contributed by atoms with van der Waals surface area (Å²) >= 11 is 0. The van der Waals surface area contributed by atoms with Crippen LogP contribution in [0.5, 0.6) is 0 Å². The zero-order valence-corrected chi connectivity index (χ0v) is 38.5. The van der Waals surface area contributed by atoms with Gasteiger partial charge in [0.2, 0.25) is 0 Å². The van der Waals surface area contributed by atoms with E-state index in [0.29, 0.717) is 16.6 Å². The van der Waals surface area contributed by atoms with Crippen molar-refractivity contribution in [2.45, 2.75) is 193 Å². The maximum atomic E-state index is 13.9. The van der Waals surface area contributed by atoms with Crippen molar-refractivity contribution in [2.75, 3.05) is 13.2 Å². The Bertz CT molecular complexity index is 1620. The van der Waals surface area contributed by atoms with E-state index in [9.17, 15) is 4.79 Å². The Labute approximate surface area is 353 Å². The highest BCUT2D eigenvalue weighted by Crippen LogP contribution is 2.46. The second kappa shape index (κ2) is 18.6. The first-order valence-electron chi connectivity index (χ1n) is 21.5. The highest BCUT2D eigenvalue weighted by molar-refractivity contribution is 6.77. The van der Waals surface area contributed by atoms with E-state index < -0.39 is 92.7 Å². The SMILES string of the molecule is CC(C)[Si](OC[C@H]1O[C@@H](OC[C@H]2O[C@@H]3OC(C)(C)O[C@@H]3[C@H]3OC(C)(C)O[C@H]32)[C@H](OC(=O)C(C)(C)C)[C@@H](OCc2ccccc2)[C@@H]1OCc1ccccc1)(C(C)C)C(C)C. The summed E-state index contributed by atoms with van der Waals surface area (Å²) in [6.45, 7) is 27.2. The fraction of sp³-hybridized carbons (Fsp3) is 0.717. The number of hydrogen-bond acceptors (Lipinski definition) is 12. The highest BCUT2D eigenvalue weighted by atomic mass is 28.4. The number of rotatable bonds is 16. The van der Waals surface area contributed by atoms with E-state index in [4.69, 9.17) is 51.8 Å². The van der Waals surface area contributed by atoms with Crippen LogP contribution in [0.2, 0.25) is 16.6 Å². The summed E-state index contributed by atoms with van der Waals surface area (Å²) in [5.74, 6) is -2.20. The van der Waals surface area contributed by atoms with Gasteiger partial charge in [0, 0.05) is 0 Å². The van der Waals surface area contributed by atoms with Gasteiger partial charge in [-0.1, -0.05) is 102 Å². The Hall–Kier alpha value is -2.27. The van der Waals surface area contributed by atoms with Crippen molar-refractivity contribution in [1.29, 1.82) is 0 Å². The van der Waals surface area contributed by atoms with Crippen LogP contribution >= 0.6 is 0 Å². The van der Waals surface area contributed by atoms with Gasteiger partial charge in [-0.05, 0) is 76.2 Å². The Morgan fingerprint density at radius 2 is 1.14 bits per heavy atom. The summed E-state index contributed by atoms with van der Waals surface area (Å²) in [6.07, 6.45) is -7.21. The van der Waals surface area contributed by atoms with Crippen molar-refractivity contribution in [2.24, 2.45) is 5.41 Å². The molecule has 2 aromatic carbocycles. The number of esters is 1. The minimum Gasteiger partial charge on any atom is -0.454 e. The third kappa shape index (κ3) is 10.7. The highest BCUT2D eigenvalue weighted by Gasteiger charge is 2.61. The summed E-state index contributed by atoms with van der Waals surface area (Å²) in [4.78, 5) is 13.9. The number of carbonyl (C=O) groups is 1. The van der Waals surface area contributed by atoms with E-state index in [0.717, 1.165) is 11.1 Å². The first-order chi connectivity index (χ1) is 27.7. The van der Waals surface area contributed by atoms with Crippen LogP contribution in [0.15, 0.2) is 60.7 Å². The zero-order chi connectivity index (χ0) is 42.9. The van der Waals surface area contributed by atoms with Gasteiger partial charge in [0.25, 0.3) is 0 Å². The first kappa shape index (κ1) is 46.2. The van der Waals surface area contributed by atoms with Gasteiger partial charge < -0.3 is 51.8 Å². The molecule has 4 aliphatic heterocycles. The lowest BCUT2D eigenvalue weighted by Crippen LogP contribution is -2.64. The van der Waals surface area contributed by atoms with Crippen LogP contribution in [0.1, 0.15) is 101 Å². The van der Waals surface area contributed by atoms with E-state index in [1.54, 1.807) is 0 Å². The van der Waals surface area contributed by atoms with Gasteiger partial charge in [0.15, 0.2) is 38.6 Å². The lowest BCUT2D eigenvalue weighted by atomic mass is 9.95. The van der Waals surface area contributed by atoms with Crippen molar-refractivity contribution in [1.82, 2.24) is 0 Å². The van der Waals surface area contributed by atoms with Crippen LogP contribution in [0, 0.1) is 5.41 Å². The van der Waals surface area contributed by atoms with Crippen LogP contribution in [-0.4, -0.2) is 100 Å². The summed E-state index contributed by atoms with van der Waals surface area (Å²) < 4.78 is 73.0. The molecule has 4 saturated heterocycles.